The Balaban J connectivity index is 1.68. The van der Waals surface area contributed by atoms with Crippen molar-refractivity contribution in [1.29, 1.82) is 0 Å². The van der Waals surface area contributed by atoms with Gasteiger partial charge in [-0.1, -0.05) is 29.3 Å². The zero-order valence-electron chi connectivity index (χ0n) is 17.4. The first-order chi connectivity index (χ1) is 14.9. The molecule has 8 heteroatoms. The summed E-state index contributed by atoms with van der Waals surface area (Å²) in [6.07, 6.45) is 2.78. The molecular formula is C23H24Cl2N4OS. The topological polar surface area (TPSA) is 44.5 Å². The van der Waals surface area contributed by atoms with Gasteiger partial charge in [-0.25, -0.2) is 0 Å². The normalized spacial score (nSPS) is 18.6. The van der Waals surface area contributed by atoms with E-state index in [0.717, 1.165) is 36.5 Å². The zero-order chi connectivity index (χ0) is 22.0. The first kappa shape index (κ1) is 22.1. The van der Waals surface area contributed by atoms with E-state index < -0.39 is 0 Å². The lowest BCUT2D eigenvalue weighted by molar-refractivity contribution is 0.261. The van der Waals surface area contributed by atoms with Gasteiger partial charge in [0.1, 0.15) is 17.6 Å². The van der Waals surface area contributed by atoms with Crippen molar-refractivity contribution in [3.63, 3.8) is 0 Å². The summed E-state index contributed by atoms with van der Waals surface area (Å²) >= 11 is 18.2. The van der Waals surface area contributed by atoms with Crippen LogP contribution in [0.5, 0.6) is 0 Å². The van der Waals surface area contributed by atoms with Crippen molar-refractivity contribution in [2.45, 2.75) is 18.5 Å². The van der Waals surface area contributed by atoms with E-state index in [1.54, 1.807) is 12.3 Å². The first-order valence-electron chi connectivity index (χ1n) is 10.1. The summed E-state index contributed by atoms with van der Waals surface area (Å²) in [6.45, 7) is 1.79. The Morgan fingerprint density at radius 1 is 1.16 bits per heavy atom. The van der Waals surface area contributed by atoms with E-state index in [9.17, 15) is 0 Å². The number of nitrogens with one attached hydrogen (secondary N) is 1. The Bertz CT molecular complexity index is 1060. The van der Waals surface area contributed by atoms with E-state index in [-0.39, 0.29) is 12.1 Å². The third-order valence-corrected chi connectivity index (χ3v) is 6.22. The maximum Gasteiger partial charge on any atom is 0.170 e. The van der Waals surface area contributed by atoms with Crippen LogP contribution in [0.2, 0.25) is 10.0 Å². The van der Waals surface area contributed by atoms with Crippen molar-refractivity contribution < 1.29 is 4.42 Å². The summed E-state index contributed by atoms with van der Waals surface area (Å²) in [4.78, 5) is 8.94. The highest BCUT2D eigenvalue weighted by Crippen LogP contribution is 2.41. The maximum absolute atomic E-state index is 6.40. The summed E-state index contributed by atoms with van der Waals surface area (Å²) in [5.74, 6) is 1.51. The third-order valence-electron chi connectivity index (χ3n) is 5.32. The summed E-state index contributed by atoms with van der Waals surface area (Å²) < 4.78 is 6.33. The number of thiocarbonyl (C=S) groups is 1. The van der Waals surface area contributed by atoms with E-state index in [4.69, 9.17) is 39.8 Å². The fourth-order valence-corrected chi connectivity index (χ4v) is 4.69. The minimum absolute atomic E-state index is 0.104. The number of rotatable bonds is 7. The summed E-state index contributed by atoms with van der Waals surface area (Å²) in [5, 5.41) is 5.31. The van der Waals surface area contributed by atoms with Crippen LogP contribution in [0.1, 0.15) is 30.0 Å². The van der Waals surface area contributed by atoms with Crippen LogP contribution in [0.4, 0.5) is 0 Å². The highest BCUT2D eigenvalue weighted by Gasteiger charge is 2.41. The summed E-state index contributed by atoms with van der Waals surface area (Å²) in [7, 11) is 4.15. The Hall–Kier alpha value is -2.12. The molecule has 2 atom stereocenters. The molecule has 0 aliphatic carbocycles. The van der Waals surface area contributed by atoms with Crippen LogP contribution in [-0.2, 0) is 0 Å². The SMILES string of the molecule is CN(C)CCCN1C(=S)N[C@H](c2ccccn2)[C@@H]1c1ccc(-c2ccc(Cl)cc2Cl)o1. The second kappa shape index (κ2) is 9.57. The maximum atomic E-state index is 6.40. The number of aromatic nitrogens is 1. The smallest absolute Gasteiger partial charge is 0.170 e. The van der Waals surface area contributed by atoms with Crippen molar-refractivity contribution in [2.24, 2.45) is 0 Å². The minimum Gasteiger partial charge on any atom is -0.459 e. The molecule has 0 radical (unpaired) electrons. The van der Waals surface area contributed by atoms with E-state index in [1.165, 1.54) is 0 Å². The number of pyridine rings is 1. The molecule has 0 spiro atoms. The fraction of sp³-hybridized carbons (Fsp3) is 0.304. The van der Waals surface area contributed by atoms with Gasteiger partial charge in [0.15, 0.2) is 5.11 Å². The molecule has 3 aromatic rings. The highest BCUT2D eigenvalue weighted by atomic mass is 35.5. The monoisotopic (exact) mass is 474 g/mol. The molecule has 162 valence electrons. The molecule has 1 aliphatic rings. The van der Waals surface area contributed by atoms with Gasteiger partial charge in [-0.15, -0.1) is 0 Å². The molecule has 2 aromatic heterocycles. The lowest BCUT2D eigenvalue weighted by atomic mass is 10.0. The molecule has 1 saturated heterocycles. The van der Waals surface area contributed by atoms with E-state index >= 15 is 0 Å². The predicted octanol–water partition coefficient (Wildman–Crippen LogP) is 5.57. The van der Waals surface area contributed by atoms with Gasteiger partial charge in [-0.3, -0.25) is 4.98 Å². The van der Waals surface area contributed by atoms with Crippen LogP contribution in [0.25, 0.3) is 11.3 Å². The number of hydrogen-bond donors (Lipinski definition) is 1. The van der Waals surface area contributed by atoms with Crippen LogP contribution in [0, 0.1) is 0 Å². The van der Waals surface area contributed by atoms with Crippen LogP contribution >= 0.6 is 35.4 Å². The van der Waals surface area contributed by atoms with Gasteiger partial charge in [0.2, 0.25) is 0 Å². The van der Waals surface area contributed by atoms with E-state index in [0.29, 0.717) is 20.9 Å². The van der Waals surface area contributed by atoms with Crippen LogP contribution in [0.3, 0.4) is 0 Å². The molecule has 1 aliphatic heterocycles. The van der Waals surface area contributed by atoms with Gasteiger partial charge >= 0.3 is 0 Å². The molecule has 3 heterocycles. The molecule has 0 saturated carbocycles. The van der Waals surface area contributed by atoms with Crippen molar-refractivity contribution in [3.8, 4) is 11.3 Å². The van der Waals surface area contributed by atoms with Gasteiger partial charge in [0.05, 0.1) is 16.8 Å². The van der Waals surface area contributed by atoms with E-state index in [1.807, 2.05) is 42.5 Å². The molecule has 0 amide bonds. The molecule has 0 unspecified atom stereocenters. The first-order valence-corrected chi connectivity index (χ1v) is 11.3. The molecule has 31 heavy (non-hydrogen) atoms. The Morgan fingerprint density at radius 3 is 2.71 bits per heavy atom. The standard InChI is InChI=1S/C23H24Cl2N4OS/c1-28(2)12-5-13-29-22(21(27-23(29)31)18-6-3-4-11-26-18)20-10-9-19(30-20)16-8-7-15(24)14-17(16)25/h3-4,6-11,14,21-22H,5,12-13H2,1-2H3,(H,27,31)/t21-,22+/m1/s1. The number of benzene rings is 1. The summed E-state index contributed by atoms with van der Waals surface area (Å²) in [5.41, 5.74) is 1.73. The largest absolute Gasteiger partial charge is 0.459 e. The Morgan fingerprint density at radius 2 is 2.00 bits per heavy atom. The molecular weight excluding hydrogens is 451 g/mol. The number of halogens is 2. The minimum atomic E-state index is -0.107. The van der Waals surface area contributed by atoms with E-state index in [2.05, 4.69) is 34.2 Å². The van der Waals surface area contributed by atoms with Gasteiger partial charge in [0, 0.05) is 23.3 Å². The average molecular weight is 475 g/mol. The number of hydrogen-bond acceptors (Lipinski definition) is 4. The van der Waals surface area contributed by atoms with Crippen molar-refractivity contribution in [3.05, 3.63) is 76.2 Å². The quantitative estimate of drug-likeness (QED) is 0.451. The second-order valence-corrected chi connectivity index (χ2v) is 9.03. The molecule has 1 aromatic carbocycles. The van der Waals surface area contributed by atoms with Crippen molar-refractivity contribution in [1.82, 2.24) is 20.1 Å². The molecule has 0 bridgehead atoms. The fourth-order valence-electron chi connectivity index (χ4n) is 3.86. The highest BCUT2D eigenvalue weighted by molar-refractivity contribution is 7.80. The average Bonchev–Trinajstić information content (AvgIpc) is 3.33. The molecule has 1 fully saturated rings. The van der Waals surface area contributed by atoms with Crippen LogP contribution in [0.15, 0.2) is 59.1 Å². The number of nitrogens with zero attached hydrogens (tertiary/aromatic N) is 3. The molecule has 5 nitrogen and oxygen atoms in total. The van der Waals surface area contributed by atoms with Crippen LogP contribution < -0.4 is 5.32 Å². The summed E-state index contributed by atoms with van der Waals surface area (Å²) in [6, 6.07) is 15.0. The lowest BCUT2D eigenvalue weighted by Crippen LogP contribution is -2.32. The van der Waals surface area contributed by atoms with Crippen LogP contribution in [-0.4, -0.2) is 47.1 Å². The number of furan rings is 1. The lowest BCUT2D eigenvalue weighted by Gasteiger charge is -2.26. The Labute approximate surface area is 198 Å². The Kier molecular flexibility index (Phi) is 6.82. The molecule has 4 rings (SSSR count). The van der Waals surface area contributed by atoms with Crippen molar-refractivity contribution in [2.75, 3.05) is 27.2 Å². The van der Waals surface area contributed by atoms with Gasteiger partial charge < -0.3 is 19.5 Å². The van der Waals surface area contributed by atoms with Gasteiger partial charge in [-0.05, 0) is 81.7 Å². The molecule has 1 N–H and O–H groups in total. The predicted molar refractivity (Wildman–Crippen MR) is 129 cm³/mol. The van der Waals surface area contributed by atoms with Gasteiger partial charge in [0.25, 0.3) is 0 Å². The third kappa shape index (κ3) is 4.88. The van der Waals surface area contributed by atoms with Crippen molar-refractivity contribution >= 4 is 40.5 Å². The van der Waals surface area contributed by atoms with Gasteiger partial charge in [-0.2, -0.15) is 0 Å². The second-order valence-electron chi connectivity index (χ2n) is 7.80. The zero-order valence-corrected chi connectivity index (χ0v) is 19.7.